The van der Waals surface area contributed by atoms with Crippen molar-refractivity contribution in [2.75, 3.05) is 18.4 Å². The first kappa shape index (κ1) is 17.5. The number of hydrogen-bond acceptors (Lipinski definition) is 3. The van der Waals surface area contributed by atoms with Crippen LogP contribution in [0.3, 0.4) is 0 Å². The lowest BCUT2D eigenvalue weighted by atomic mass is 9.81. The molecule has 0 radical (unpaired) electrons. The van der Waals surface area contributed by atoms with E-state index in [0.29, 0.717) is 5.92 Å². The van der Waals surface area contributed by atoms with Gasteiger partial charge in [-0.25, -0.2) is 9.78 Å². The molecule has 9 heteroatoms. The number of rotatable bonds is 3. The fraction of sp³-hybridized carbons (Fsp3) is 0.562. The third-order valence-electron chi connectivity index (χ3n) is 4.94. The van der Waals surface area contributed by atoms with E-state index < -0.39 is 43.1 Å². The summed E-state index contributed by atoms with van der Waals surface area (Å²) < 4.78 is 38.9. The summed E-state index contributed by atoms with van der Waals surface area (Å²) in [6, 6.07) is 2.67. The second kappa shape index (κ2) is 6.53. The first-order valence-corrected chi connectivity index (χ1v) is 8.07. The Balaban J connectivity index is 1.64. The van der Waals surface area contributed by atoms with Crippen LogP contribution in [0.1, 0.15) is 30.7 Å². The number of aliphatic carboxylic acids is 1. The van der Waals surface area contributed by atoms with Gasteiger partial charge in [-0.05, 0) is 30.4 Å². The lowest BCUT2D eigenvalue weighted by Gasteiger charge is -2.25. The minimum Gasteiger partial charge on any atom is -0.481 e. The van der Waals surface area contributed by atoms with E-state index in [0.717, 1.165) is 23.3 Å². The van der Waals surface area contributed by atoms with Crippen LogP contribution in [0.25, 0.3) is 0 Å². The number of amides is 2. The molecule has 1 aromatic rings. The number of anilines is 1. The number of urea groups is 1. The number of carboxylic acid groups (broad SMARTS) is 1. The molecule has 1 aromatic heterocycles. The van der Waals surface area contributed by atoms with Crippen LogP contribution in [-0.2, 0) is 4.79 Å². The Hall–Kier alpha value is -2.32. The maximum Gasteiger partial charge on any atom is 0.394 e. The van der Waals surface area contributed by atoms with Gasteiger partial charge in [-0.15, -0.1) is 0 Å². The molecule has 1 saturated heterocycles. The summed E-state index contributed by atoms with van der Waals surface area (Å²) in [6.07, 6.45) is 0.388. The quantitative estimate of drug-likeness (QED) is 0.871. The maximum absolute atomic E-state index is 13.0. The zero-order valence-corrected chi connectivity index (χ0v) is 13.3. The zero-order chi connectivity index (χ0) is 18.2. The molecule has 2 atom stereocenters. The Labute approximate surface area is 142 Å². The molecular formula is C16H18F3N3O3. The van der Waals surface area contributed by atoms with E-state index in [9.17, 15) is 22.8 Å². The highest BCUT2D eigenvalue weighted by Gasteiger charge is 2.53. The van der Waals surface area contributed by atoms with Crippen LogP contribution in [0.5, 0.6) is 0 Å². The molecule has 25 heavy (non-hydrogen) atoms. The van der Waals surface area contributed by atoms with Crippen molar-refractivity contribution in [3.8, 4) is 0 Å². The molecule has 2 N–H and O–H groups in total. The Morgan fingerprint density at radius 2 is 1.96 bits per heavy atom. The topological polar surface area (TPSA) is 82.5 Å². The van der Waals surface area contributed by atoms with E-state index in [2.05, 4.69) is 10.3 Å². The number of carbonyl (C=O) groups excluding carboxylic acids is 1. The highest BCUT2D eigenvalue weighted by molar-refractivity contribution is 5.89. The first-order chi connectivity index (χ1) is 11.8. The van der Waals surface area contributed by atoms with Crippen molar-refractivity contribution in [2.24, 2.45) is 11.8 Å². The van der Waals surface area contributed by atoms with Gasteiger partial charge in [0.05, 0.1) is 11.8 Å². The number of hydrogen-bond donors (Lipinski definition) is 2. The van der Waals surface area contributed by atoms with E-state index >= 15 is 0 Å². The van der Waals surface area contributed by atoms with Crippen LogP contribution in [0.4, 0.5) is 23.8 Å². The molecule has 2 heterocycles. The van der Waals surface area contributed by atoms with Gasteiger partial charge in [0.1, 0.15) is 5.82 Å². The van der Waals surface area contributed by atoms with Gasteiger partial charge in [0.15, 0.2) is 0 Å². The summed E-state index contributed by atoms with van der Waals surface area (Å²) in [5.41, 5.74) is 1.08. The number of halogens is 3. The first-order valence-electron chi connectivity index (χ1n) is 8.07. The smallest absolute Gasteiger partial charge is 0.394 e. The minimum absolute atomic E-state index is 0.232. The molecule has 6 nitrogen and oxygen atoms in total. The van der Waals surface area contributed by atoms with Gasteiger partial charge in [0, 0.05) is 19.3 Å². The fourth-order valence-corrected chi connectivity index (χ4v) is 3.20. The number of nitrogens with one attached hydrogen (secondary N) is 1. The van der Waals surface area contributed by atoms with Crippen molar-refractivity contribution in [3.05, 3.63) is 23.9 Å². The summed E-state index contributed by atoms with van der Waals surface area (Å²) in [5.74, 6) is -4.56. The Bertz CT molecular complexity index is 659. The Kier molecular flexibility index (Phi) is 4.57. The summed E-state index contributed by atoms with van der Waals surface area (Å²) in [6.45, 7) is -1.15. The second-order valence-corrected chi connectivity index (χ2v) is 6.53. The van der Waals surface area contributed by atoms with Crippen LogP contribution in [0, 0.1) is 11.8 Å². The molecule has 0 aromatic carbocycles. The Morgan fingerprint density at radius 3 is 2.40 bits per heavy atom. The second-order valence-electron chi connectivity index (χ2n) is 6.53. The molecule has 3 rings (SSSR count). The van der Waals surface area contributed by atoms with Crippen molar-refractivity contribution in [1.29, 1.82) is 0 Å². The third-order valence-corrected chi connectivity index (χ3v) is 4.94. The van der Waals surface area contributed by atoms with Crippen LogP contribution >= 0.6 is 0 Å². The number of pyridine rings is 1. The normalized spacial score (nSPS) is 24.0. The molecule has 2 aliphatic rings. The van der Waals surface area contributed by atoms with Gasteiger partial charge < -0.3 is 10.0 Å². The predicted octanol–water partition coefficient (Wildman–Crippen LogP) is 3.08. The van der Waals surface area contributed by atoms with Crippen LogP contribution in [-0.4, -0.2) is 46.3 Å². The van der Waals surface area contributed by atoms with Crippen molar-refractivity contribution in [1.82, 2.24) is 9.88 Å². The number of alkyl halides is 3. The number of carbonyl (C=O) groups is 2. The lowest BCUT2D eigenvalue weighted by molar-refractivity contribution is -0.187. The van der Waals surface area contributed by atoms with Gasteiger partial charge in [-0.3, -0.25) is 10.1 Å². The summed E-state index contributed by atoms with van der Waals surface area (Å²) in [7, 11) is 0. The van der Waals surface area contributed by atoms with E-state index in [-0.39, 0.29) is 5.82 Å². The van der Waals surface area contributed by atoms with Gasteiger partial charge in [-0.1, -0.05) is 12.5 Å². The summed E-state index contributed by atoms with van der Waals surface area (Å²) in [4.78, 5) is 28.2. The molecule has 1 saturated carbocycles. The standard InChI is InChI=1S/C16H18F3N3O3/c17-16(18,19)12-8-22(7-11(12)14(23)24)15(25)21-13-5-4-10(6-20-13)9-2-1-3-9/h4-6,9,11-12H,1-3,7-8H2,(H,23,24)(H,20,21,25)/t11-,12-/m1/s1. The number of likely N-dealkylation sites (tertiary alicyclic amines) is 1. The maximum atomic E-state index is 13.0. The van der Waals surface area contributed by atoms with Crippen molar-refractivity contribution in [3.63, 3.8) is 0 Å². The molecule has 1 aliphatic heterocycles. The largest absolute Gasteiger partial charge is 0.481 e. The van der Waals surface area contributed by atoms with Crippen LogP contribution in [0.15, 0.2) is 18.3 Å². The molecule has 1 aliphatic carbocycles. The number of aromatic nitrogens is 1. The zero-order valence-electron chi connectivity index (χ0n) is 13.3. The SMILES string of the molecule is O=C(O)[C@@H]1CN(C(=O)Nc2ccc(C3CCC3)cn2)C[C@H]1C(F)(F)F. The highest BCUT2D eigenvalue weighted by atomic mass is 19.4. The number of carboxylic acids is 1. The molecule has 0 spiro atoms. The molecular weight excluding hydrogens is 339 g/mol. The summed E-state index contributed by atoms with van der Waals surface area (Å²) >= 11 is 0. The molecule has 2 amide bonds. The third kappa shape index (κ3) is 3.69. The van der Waals surface area contributed by atoms with Crippen molar-refractivity contribution < 1.29 is 27.9 Å². The average Bonchev–Trinajstić information content (AvgIpc) is 2.93. The monoisotopic (exact) mass is 357 g/mol. The predicted molar refractivity (Wildman–Crippen MR) is 82.1 cm³/mol. The molecule has 0 bridgehead atoms. The van der Waals surface area contributed by atoms with E-state index in [1.54, 1.807) is 12.3 Å². The minimum atomic E-state index is -4.67. The highest BCUT2D eigenvalue weighted by Crippen LogP contribution is 2.38. The van der Waals surface area contributed by atoms with Gasteiger partial charge in [0.2, 0.25) is 0 Å². The fourth-order valence-electron chi connectivity index (χ4n) is 3.20. The molecule has 0 unspecified atom stereocenters. The van der Waals surface area contributed by atoms with Gasteiger partial charge in [0.25, 0.3) is 0 Å². The van der Waals surface area contributed by atoms with Crippen LogP contribution in [0.2, 0.25) is 0 Å². The van der Waals surface area contributed by atoms with Gasteiger partial charge >= 0.3 is 18.2 Å². The van der Waals surface area contributed by atoms with E-state index in [4.69, 9.17) is 5.11 Å². The van der Waals surface area contributed by atoms with Gasteiger partial charge in [-0.2, -0.15) is 13.2 Å². The van der Waals surface area contributed by atoms with Crippen molar-refractivity contribution in [2.45, 2.75) is 31.4 Å². The molecule has 136 valence electrons. The van der Waals surface area contributed by atoms with Crippen LogP contribution < -0.4 is 5.32 Å². The molecule has 2 fully saturated rings. The number of nitrogens with zero attached hydrogens (tertiary/aromatic N) is 2. The lowest BCUT2D eigenvalue weighted by Crippen LogP contribution is -2.35. The van der Waals surface area contributed by atoms with Crippen molar-refractivity contribution >= 4 is 17.8 Å². The van der Waals surface area contributed by atoms with E-state index in [1.165, 1.54) is 6.42 Å². The average molecular weight is 357 g/mol. The van der Waals surface area contributed by atoms with E-state index in [1.807, 2.05) is 6.07 Å². The Morgan fingerprint density at radius 1 is 1.24 bits per heavy atom. The summed E-state index contributed by atoms with van der Waals surface area (Å²) in [5, 5.41) is 11.4.